The molecule has 15 N–H and O–H groups in total. The number of carbonyl (C=O) groups excluding carboxylic acids is 5. The minimum atomic E-state index is -1.54. The molecule has 0 saturated heterocycles. The number of carboxylic acid groups (broad SMARTS) is 5. The van der Waals surface area contributed by atoms with Gasteiger partial charge in [0.05, 0.1) is 29.8 Å². The number of carboxylic acids is 5. The minimum absolute atomic E-state index is 0. The molecule has 0 atom stereocenters. The third-order valence-electron chi connectivity index (χ3n) is 6.53. The van der Waals surface area contributed by atoms with Gasteiger partial charge in [0.1, 0.15) is 0 Å². The van der Waals surface area contributed by atoms with Gasteiger partial charge in [-0.2, -0.15) is 0 Å². The fourth-order valence-corrected chi connectivity index (χ4v) is 3.61. The van der Waals surface area contributed by atoms with E-state index in [1.807, 2.05) is 0 Å². The van der Waals surface area contributed by atoms with Crippen LogP contribution in [0, 0.1) is 0 Å². The summed E-state index contributed by atoms with van der Waals surface area (Å²) in [6, 6.07) is 7.82. The van der Waals surface area contributed by atoms with Gasteiger partial charge in [0, 0.05) is 27.8 Å². The molecular formula is C35H25O25V. The van der Waals surface area contributed by atoms with Gasteiger partial charge < -0.3 is 126 Å². The second kappa shape index (κ2) is 22.1. The van der Waals surface area contributed by atoms with Crippen molar-refractivity contribution in [3.8, 4) is 86.2 Å². The number of aromatic carboxylic acids is 5. The Kier molecular flexibility index (Phi) is 18.9. The van der Waals surface area contributed by atoms with Crippen LogP contribution in [0.1, 0.15) is 51.8 Å². The molecule has 0 aliphatic heterocycles. The Hall–Kier alpha value is -8.97. The molecule has 0 aromatic heterocycles. The Balaban J connectivity index is 0.000000735. The first-order chi connectivity index (χ1) is 27.6. The molecule has 0 unspecified atom stereocenters. The Morgan fingerprint density at radius 3 is 0.393 bits per heavy atom. The maximum Gasteiger partial charge on any atom is 5.00 e. The molecule has 0 saturated carbocycles. The van der Waals surface area contributed by atoms with E-state index >= 15 is 0 Å². The summed E-state index contributed by atoms with van der Waals surface area (Å²) >= 11 is 0. The summed E-state index contributed by atoms with van der Waals surface area (Å²) in [5, 5.41) is 183. The van der Waals surface area contributed by atoms with Crippen molar-refractivity contribution < 1.29 is 145 Å². The summed E-state index contributed by atoms with van der Waals surface area (Å²) in [7, 11) is 0. The summed E-state index contributed by atoms with van der Waals surface area (Å²) < 4.78 is 0. The third-order valence-corrected chi connectivity index (χ3v) is 6.53. The van der Waals surface area contributed by atoms with Crippen LogP contribution in [0.25, 0.3) is 0 Å². The number of rotatable bonds is 5. The van der Waals surface area contributed by atoms with Crippen LogP contribution in [0.3, 0.4) is 0 Å². The maximum atomic E-state index is 10.2. The normalized spacial score (nSPS) is 9.51. The molecule has 0 bridgehead atoms. The Bertz CT molecular complexity index is 1940. The van der Waals surface area contributed by atoms with Crippen LogP contribution in [0.5, 0.6) is 86.2 Å². The summed E-state index contributed by atoms with van der Waals surface area (Å²) in [6.45, 7) is 0. The van der Waals surface area contributed by atoms with Crippen LogP contribution >= 0.6 is 0 Å². The first-order valence-electron chi connectivity index (χ1n) is 14.9. The predicted octanol–water partition coefficient (Wildman–Crippen LogP) is -4.17. The molecule has 0 fully saturated rings. The van der Waals surface area contributed by atoms with Gasteiger partial charge in [-0.1, -0.05) is 0 Å². The van der Waals surface area contributed by atoms with Crippen LogP contribution in [0.4, 0.5) is 0 Å². The number of phenolic OH excluding ortho intramolecular Hbond substituents is 15. The smallest absolute Gasteiger partial charge is 0.545 e. The van der Waals surface area contributed by atoms with E-state index in [4.69, 9.17) is 76.6 Å². The van der Waals surface area contributed by atoms with Crippen LogP contribution in [-0.2, 0) is 18.6 Å². The van der Waals surface area contributed by atoms with Crippen molar-refractivity contribution >= 4 is 29.8 Å². The fourth-order valence-electron chi connectivity index (χ4n) is 3.61. The summed E-state index contributed by atoms with van der Waals surface area (Å²) in [4.78, 5) is 51.0. The molecule has 0 spiro atoms. The van der Waals surface area contributed by atoms with E-state index < -0.39 is 144 Å². The second-order valence-electron chi connectivity index (χ2n) is 10.8. The van der Waals surface area contributed by atoms with E-state index in [-0.39, 0.29) is 18.6 Å². The van der Waals surface area contributed by atoms with E-state index in [2.05, 4.69) is 0 Å². The quantitative estimate of drug-likeness (QED) is 0.0744. The fraction of sp³-hybridized carbons (Fsp3) is 0. The van der Waals surface area contributed by atoms with Gasteiger partial charge in [0.25, 0.3) is 0 Å². The summed E-state index contributed by atoms with van der Waals surface area (Å²) in [6.07, 6.45) is 0. The van der Waals surface area contributed by atoms with Gasteiger partial charge in [-0.25, -0.2) is 0 Å². The molecular weight excluding hydrogens is 871 g/mol. The second-order valence-corrected chi connectivity index (χ2v) is 10.8. The van der Waals surface area contributed by atoms with Crippen LogP contribution in [0.15, 0.2) is 60.7 Å². The Morgan fingerprint density at radius 2 is 0.328 bits per heavy atom. The van der Waals surface area contributed by atoms with E-state index in [0.717, 1.165) is 60.7 Å². The van der Waals surface area contributed by atoms with Crippen LogP contribution in [0.2, 0.25) is 0 Å². The number of phenols is 15. The number of hydrogen-bond acceptors (Lipinski definition) is 25. The van der Waals surface area contributed by atoms with Crippen molar-refractivity contribution in [1.29, 1.82) is 0 Å². The molecule has 61 heavy (non-hydrogen) atoms. The molecule has 0 aliphatic carbocycles. The van der Waals surface area contributed by atoms with E-state index in [0.29, 0.717) is 0 Å². The standard InChI is InChI=1S/5C7H6O5.V/c5*8-4-1-3(7(11)12)2-5(9)6(4)10;/h5*1-2,8-10H,(H,11,12);/q;;;;;+5/p-5. The van der Waals surface area contributed by atoms with Crippen molar-refractivity contribution in [1.82, 2.24) is 0 Å². The van der Waals surface area contributed by atoms with Gasteiger partial charge in [-0.3, -0.25) is 0 Å². The molecule has 5 aromatic rings. The predicted molar refractivity (Wildman–Crippen MR) is 179 cm³/mol. The molecule has 0 amide bonds. The van der Waals surface area contributed by atoms with Gasteiger partial charge in [-0.05, 0) is 60.7 Å². The summed E-state index contributed by atoms with van der Waals surface area (Å²) in [5.41, 5.74) is -2.00. The number of carbonyl (C=O) groups is 5. The maximum absolute atomic E-state index is 10.2. The van der Waals surface area contributed by atoms with E-state index in [1.165, 1.54) is 0 Å². The third kappa shape index (κ3) is 14.8. The van der Waals surface area contributed by atoms with Crippen LogP contribution in [-0.4, -0.2) is 106 Å². The zero-order valence-electron chi connectivity index (χ0n) is 29.5. The molecule has 320 valence electrons. The van der Waals surface area contributed by atoms with Crippen LogP contribution < -0.4 is 25.5 Å². The van der Waals surface area contributed by atoms with Gasteiger partial charge in [0.15, 0.2) is 86.2 Å². The molecule has 0 heterocycles. The van der Waals surface area contributed by atoms with Crippen molar-refractivity contribution in [3.63, 3.8) is 0 Å². The zero-order chi connectivity index (χ0) is 46.5. The largest absolute Gasteiger partial charge is 5.00 e. The van der Waals surface area contributed by atoms with Gasteiger partial charge in [0.2, 0.25) is 0 Å². The molecule has 25 nitrogen and oxygen atoms in total. The van der Waals surface area contributed by atoms with E-state index in [1.54, 1.807) is 0 Å². The zero-order valence-corrected chi connectivity index (χ0v) is 30.9. The first-order valence-corrected chi connectivity index (χ1v) is 14.9. The number of benzene rings is 5. The number of aromatic hydroxyl groups is 15. The first kappa shape index (κ1) is 52.0. The van der Waals surface area contributed by atoms with Crippen molar-refractivity contribution in [2.75, 3.05) is 0 Å². The number of hydrogen-bond donors (Lipinski definition) is 15. The van der Waals surface area contributed by atoms with Crippen molar-refractivity contribution in [3.05, 3.63) is 88.5 Å². The molecule has 26 heteroatoms. The molecule has 0 radical (unpaired) electrons. The molecule has 0 aliphatic rings. The van der Waals surface area contributed by atoms with Crippen molar-refractivity contribution in [2.45, 2.75) is 0 Å². The molecule has 5 aromatic carbocycles. The topological polar surface area (TPSA) is 504 Å². The van der Waals surface area contributed by atoms with Crippen molar-refractivity contribution in [2.24, 2.45) is 0 Å². The average molecular weight is 897 g/mol. The average Bonchev–Trinajstić information content (AvgIpc) is 3.15. The molecule has 5 rings (SSSR count). The Labute approximate surface area is 348 Å². The SMILES string of the molecule is O=C([O-])c1cc(O)c(O)c(O)c1.O=C([O-])c1cc(O)c(O)c(O)c1.O=C([O-])c1cc(O)c(O)c(O)c1.O=C([O-])c1cc(O)c(O)c(O)c1.O=C([O-])c1cc(O)c(O)c(O)c1.[V+5]. The van der Waals surface area contributed by atoms with E-state index in [9.17, 15) is 49.5 Å². The monoisotopic (exact) mass is 896 g/mol. The van der Waals surface area contributed by atoms with Gasteiger partial charge >= 0.3 is 18.6 Å². The van der Waals surface area contributed by atoms with Gasteiger partial charge in [-0.15, -0.1) is 0 Å². The Morgan fingerprint density at radius 1 is 0.246 bits per heavy atom. The minimum Gasteiger partial charge on any atom is -0.545 e. The summed E-state index contributed by atoms with van der Waals surface area (Å²) in [5.74, 6) is -18.5.